The maximum Gasteiger partial charge on any atom is 0.301 e. The summed E-state index contributed by atoms with van der Waals surface area (Å²) in [5.74, 6) is 0.591. The highest BCUT2D eigenvalue weighted by molar-refractivity contribution is 5.80. The van der Waals surface area contributed by atoms with Crippen molar-refractivity contribution in [1.29, 1.82) is 0 Å². The van der Waals surface area contributed by atoms with Crippen molar-refractivity contribution >= 4 is 16.8 Å². The Kier molecular flexibility index (Phi) is 4.73. The van der Waals surface area contributed by atoms with Crippen molar-refractivity contribution in [3.63, 3.8) is 0 Å². The summed E-state index contributed by atoms with van der Waals surface area (Å²) in [4.78, 5) is 19.5. The van der Waals surface area contributed by atoms with Crippen LogP contribution >= 0.6 is 0 Å². The van der Waals surface area contributed by atoms with Crippen LogP contribution in [0.5, 0.6) is 0 Å². The molecule has 6 heteroatoms. The topological polar surface area (TPSA) is 55.4 Å². The van der Waals surface area contributed by atoms with Crippen molar-refractivity contribution in [2.24, 2.45) is 0 Å². The van der Waals surface area contributed by atoms with Crippen molar-refractivity contribution in [3.8, 4) is 11.3 Å². The minimum Gasteiger partial charge on any atom is -0.307 e. The number of para-hydroxylation sites is 2. The fourth-order valence-corrected chi connectivity index (χ4v) is 3.47. The third kappa shape index (κ3) is 3.13. The first-order valence-electron chi connectivity index (χ1n) is 9.39. The second-order valence-corrected chi connectivity index (χ2v) is 6.51. The summed E-state index contributed by atoms with van der Waals surface area (Å²) >= 11 is 0. The van der Waals surface area contributed by atoms with Crippen LogP contribution in [-0.2, 0) is 6.54 Å². The van der Waals surface area contributed by atoms with Crippen LogP contribution in [0.25, 0.3) is 28.1 Å². The van der Waals surface area contributed by atoms with Crippen LogP contribution in [-0.4, -0.2) is 43.7 Å². The standard InChI is InChI=1S/C21H23N5O/c1-3-24(4-2)14-15-25-17-12-8-9-13-18(17)26-21(25)22-20(27)19(23-26)16-10-6-5-7-11-16/h5-13H,3-4,14-15H2,1-2H3. The minimum atomic E-state index is -0.298. The first kappa shape index (κ1) is 17.4. The molecule has 0 unspecified atom stereocenters. The summed E-state index contributed by atoms with van der Waals surface area (Å²) in [7, 11) is 0. The van der Waals surface area contributed by atoms with Gasteiger partial charge in [0, 0.05) is 18.7 Å². The molecule has 0 aliphatic rings. The van der Waals surface area contributed by atoms with Crippen LogP contribution in [0.2, 0.25) is 0 Å². The molecule has 0 atom stereocenters. The van der Waals surface area contributed by atoms with E-state index < -0.39 is 0 Å². The van der Waals surface area contributed by atoms with Crippen molar-refractivity contribution in [1.82, 2.24) is 24.1 Å². The summed E-state index contributed by atoms with van der Waals surface area (Å²) in [6.07, 6.45) is 0. The largest absolute Gasteiger partial charge is 0.307 e. The van der Waals surface area contributed by atoms with Gasteiger partial charge in [-0.2, -0.15) is 14.6 Å². The quantitative estimate of drug-likeness (QED) is 0.530. The molecule has 2 heterocycles. The van der Waals surface area contributed by atoms with Crippen LogP contribution in [0.15, 0.2) is 59.4 Å². The zero-order valence-electron chi connectivity index (χ0n) is 15.7. The first-order chi connectivity index (χ1) is 13.2. The average Bonchev–Trinajstić information content (AvgIpc) is 3.01. The van der Waals surface area contributed by atoms with Gasteiger partial charge in [0.15, 0.2) is 5.69 Å². The monoisotopic (exact) mass is 361 g/mol. The van der Waals surface area contributed by atoms with Crippen molar-refractivity contribution in [2.75, 3.05) is 19.6 Å². The van der Waals surface area contributed by atoms with Crippen LogP contribution in [0, 0.1) is 0 Å². The Hall–Kier alpha value is -2.99. The molecule has 138 valence electrons. The Bertz CT molecular complexity index is 1130. The maximum absolute atomic E-state index is 12.7. The highest BCUT2D eigenvalue weighted by Gasteiger charge is 2.16. The summed E-state index contributed by atoms with van der Waals surface area (Å²) in [5, 5.41) is 4.67. The number of imidazole rings is 1. The molecule has 0 saturated heterocycles. The van der Waals surface area contributed by atoms with Crippen LogP contribution in [0.3, 0.4) is 0 Å². The van der Waals surface area contributed by atoms with Gasteiger partial charge in [-0.1, -0.05) is 56.3 Å². The Balaban J connectivity index is 1.90. The van der Waals surface area contributed by atoms with Crippen LogP contribution < -0.4 is 5.56 Å². The first-order valence-corrected chi connectivity index (χ1v) is 9.39. The third-order valence-corrected chi connectivity index (χ3v) is 5.02. The molecule has 0 aliphatic carbocycles. The van der Waals surface area contributed by atoms with E-state index in [1.54, 1.807) is 4.52 Å². The van der Waals surface area contributed by atoms with Gasteiger partial charge in [-0.3, -0.25) is 4.79 Å². The summed E-state index contributed by atoms with van der Waals surface area (Å²) in [6, 6.07) is 17.6. The smallest absolute Gasteiger partial charge is 0.301 e. The number of likely N-dealkylation sites (N-methyl/N-ethyl adjacent to an activating group) is 1. The number of aromatic nitrogens is 4. The van der Waals surface area contributed by atoms with Crippen molar-refractivity contribution in [3.05, 3.63) is 65.0 Å². The molecular formula is C21H23N5O. The normalized spacial score (nSPS) is 11.7. The molecule has 2 aromatic carbocycles. The zero-order valence-corrected chi connectivity index (χ0v) is 15.7. The van der Waals surface area contributed by atoms with Crippen molar-refractivity contribution < 1.29 is 0 Å². The van der Waals surface area contributed by atoms with Gasteiger partial charge < -0.3 is 9.47 Å². The molecule has 4 aromatic rings. The fourth-order valence-electron chi connectivity index (χ4n) is 3.47. The molecule has 0 radical (unpaired) electrons. The van der Waals surface area contributed by atoms with E-state index in [2.05, 4.69) is 39.5 Å². The minimum absolute atomic E-state index is 0.298. The Morgan fingerprint density at radius 2 is 1.59 bits per heavy atom. The second-order valence-electron chi connectivity index (χ2n) is 6.51. The van der Waals surface area contributed by atoms with Gasteiger partial charge in [0.25, 0.3) is 0 Å². The van der Waals surface area contributed by atoms with Gasteiger partial charge in [-0.25, -0.2) is 0 Å². The van der Waals surface area contributed by atoms with Crippen LogP contribution in [0.4, 0.5) is 0 Å². The molecular weight excluding hydrogens is 338 g/mol. The number of benzene rings is 2. The van der Waals surface area contributed by atoms with Gasteiger partial charge in [0.1, 0.15) is 0 Å². The third-order valence-electron chi connectivity index (χ3n) is 5.02. The molecule has 0 spiro atoms. The van der Waals surface area contributed by atoms with Crippen molar-refractivity contribution in [2.45, 2.75) is 20.4 Å². The average molecular weight is 361 g/mol. The lowest BCUT2D eigenvalue weighted by Gasteiger charge is -2.18. The lowest BCUT2D eigenvalue weighted by atomic mass is 10.2. The van der Waals surface area contributed by atoms with Gasteiger partial charge in [0.05, 0.1) is 11.0 Å². The van der Waals surface area contributed by atoms with E-state index >= 15 is 0 Å². The number of fused-ring (bicyclic) bond motifs is 3. The number of hydrogen-bond donors (Lipinski definition) is 0. The molecule has 4 rings (SSSR count). The predicted molar refractivity (Wildman–Crippen MR) is 108 cm³/mol. The van der Waals surface area contributed by atoms with E-state index in [0.717, 1.165) is 42.8 Å². The van der Waals surface area contributed by atoms with E-state index in [-0.39, 0.29) is 5.56 Å². The lowest BCUT2D eigenvalue weighted by molar-refractivity contribution is 0.293. The van der Waals surface area contributed by atoms with E-state index in [0.29, 0.717) is 11.5 Å². The van der Waals surface area contributed by atoms with E-state index in [4.69, 9.17) is 0 Å². The number of rotatable bonds is 6. The molecule has 0 N–H and O–H groups in total. The summed E-state index contributed by atoms with van der Waals surface area (Å²) < 4.78 is 3.89. The van der Waals surface area contributed by atoms with Gasteiger partial charge in [0.2, 0.25) is 5.78 Å². The fraction of sp³-hybridized carbons (Fsp3) is 0.286. The zero-order chi connectivity index (χ0) is 18.8. The highest BCUT2D eigenvalue weighted by Crippen LogP contribution is 2.20. The number of nitrogens with zero attached hydrogens (tertiary/aromatic N) is 5. The Morgan fingerprint density at radius 3 is 2.30 bits per heavy atom. The van der Waals surface area contributed by atoms with Gasteiger partial charge in [-0.15, -0.1) is 0 Å². The molecule has 0 saturated carbocycles. The molecule has 6 nitrogen and oxygen atoms in total. The second kappa shape index (κ2) is 7.32. The van der Waals surface area contributed by atoms with E-state index in [1.807, 2.05) is 48.5 Å². The maximum atomic E-state index is 12.7. The molecule has 0 amide bonds. The summed E-state index contributed by atoms with van der Waals surface area (Å²) in [6.45, 7) is 7.97. The lowest BCUT2D eigenvalue weighted by Crippen LogP contribution is -2.27. The molecule has 27 heavy (non-hydrogen) atoms. The predicted octanol–water partition coefficient (Wildman–Crippen LogP) is 3.05. The van der Waals surface area contributed by atoms with Gasteiger partial charge in [-0.05, 0) is 25.2 Å². The SMILES string of the molecule is CCN(CC)CCn1c2ccccc2n2nc(-c3ccccc3)c(=O)nc12. The van der Waals surface area contributed by atoms with E-state index in [9.17, 15) is 4.79 Å². The van der Waals surface area contributed by atoms with Gasteiger partial charge >= 0.3 is 5.56 Å². The van der Waals surface area contributed by atoms with Crippen LogP contribution in [0.1, 0.15) is 13.8 Å². The highest BCUT2D eigenvalue weighted by atomic mass is 16.1. The Labute approximate surface area is 157 Å². The Morgan fingerprint density at radius 1 is 0.926 bits per heavy atom. The number of hydrogen-bond acceptors (Lipinski definition) is 4. The van der Waals surface area contributed by atoms with E-state index in [1.165, 1.54) is 0 Å². The molecule has 0 bridgehead atoms. The molecule has 0 fully saturated rings. The summed E-state index contributed by atoms with van der Waals surface area (Å²) in [5.41, 5.74) is 2.85. The molecule has 0 aliphatic heterocycles. The molecule has 2 aromatic heterocycles.